The number of H-pyrrole nitrogens is 1. The van der Waals surface area contributed by atoms with Crippen LogP contribution >= 0.6 is 11.8 Å². The molecular formula is C14H11F2N5OS. The number of pyridine rings is 1. The maximum Gasteiger partial charge on any atom is 0.261 e. The molecule has 2 aromatic heterocycles. The third-order valence-corrected chi connectivity index (χ3v) is 3.88. The van der Waals surface area contributed by atoms with Crippen LogP contribution in [-0.2, 0) is 0 Å². The molecule has 23 heavy (non-hydrogen) atoms. The van der Waals surface area contributed by atoms with Crippen molar-refractivity contribution >= 4 is 40.1 Å². The van der Waals surface area contributed by atoms with Crippen molar-refractivity contribution in [3.8, 4) is 0 Å². The van der Waals surface area contributed by atoms with Gasteiger partial charge in [0, 0.05) is 0 Å². The first-order valence-electron chi connectivity index (χ1n) is 6.44. The van der Waals surface area contributed by atoms with E-state index in [9.17, 15) is 13.6 Å². The normalized spacial score (nSPS) is 10.9. The standard InChI is InChI=1S/C14H11F2N5OS/c1-23-14-7-4-6(5-18-12(7)20-21-14)19-13(22)10-8(15)2-3-9(17)11(10)16/h2-5H,17H2,1H3,(H,19,22)(H,18,20,21). The molecule has 1 aromatic carbocycles. The molecule has 0 unspecified atom stereocenters. The Morgan fingerprint density at radius 1 is 1.39 bits per heavy atom. The Labute approximate surface area is 133 Å². The van der Waals surface area contributed by atoms with E-state index in [1.165, 1.54) is 18.0 Å². The molecule has 0 aliphatic carbocycles. The molecule has 0 saturated carbocycles. The van der Waals surface area contributed by atoms with Crippen LogP contribution in [-0.4, -0.2) is 27.3 Å². The summed E-state index contributed by atoms with van der Waals surface area (Å²) >= 11 is 1.40. The van der Waals surface area contributed by atoms with Gasteiger partial charge in [0.05, 0.1) is 23.0 Å². The quantitative estimate of drug-likeness (QED) is 0.505. The second-order valence-corrected chi connectivity index (χ2v) is 5.43. The number of nitrogen functional groups attached to an aromatic ring is 1. The van der Waals surface area contributed by atoms with Crippen molar-refractivity contribution in [3.63, 3.8) is 0 Å². The smallest absolute Gasteiger partial charge is 0.261 e. The number of carbonyl (C=O) groups is 1. The molecule has 2 heterocycles. The minimum absolute atomic E-state index is 0.292. The number of aromatic amines is 1. The van der Waals surface area contributed by atoms with Gasteiger partial charge in [0.1, 0.15) is 16.4 Å². The molecule has 1 amide bonds. The van der Waals surface area contributed by atoms with Crippen molar-refractivity contribution in [1.29, 1.82) is 0 Å². The second-order valence-electron chi connectivity index (χ2n) is 4.63. The number of amides is 1. The molecule has 3 aromatic rings. The van der Waals surface area contributed by atoms with Crippen LogP contribution < -0.4 is 11.1 Å². The number of thioether (sulfide) groups is 1. The number of nitrogens with two attached hydrogens (primary N) is 1. The Balaban J connectivity index is 1.96. The molecule has 0 aliphatic rings. The molecule has 0 atom stereocenters. The summed E-state index contributed by atoms with van der Waals surface area (Å²) in [6, 6.07) is 3.62. The van der Waals surface area contributed by atoms with Crippen LogP contribution in [0.3, 0.4) is 0 Å². The molecule has 0 radical (unpaired) electrons. The number of fused-ring (bicyclic) bond motifs is 1. The van der Waals surface area contributed by atoms with Gasteiger partial charge in [-0.25, -0.2) is 13.8 Å². The van der Waals surface area contributed by atoms with Gasteiger partial charge in [0.25, 0.3) is 5.91 Å². The predicted octanol–water partition coefficient (Wildman–Crippen LogP) is 2.79. The Hall–Kier alpha value is -2.68. The van der Waals surface area contributed by atoms with Gasteiger partial charge in [-0.3, -0.25) is 9.89 Å². The van der Waals surface area contributed by atoms with E-state index in [0.717, 1.165) is 12.1 Å². The van der Waals surface area contributed by atoms with Crippen LogP contribution in [0.2, 0.25) is 0 Å². The predicted molar refractivity (Wildman–Crippen MR) is 84.4 cm³/mol. The maximum atomic E-state index is 13.9. The van der Waals surface area contributed by atoms with Gasteiger partial charge in [0.15, 0.2) is 11.5 Å². The first-order chi connectivity index (χ1) is 11.0. The summed E-state index contributed by atoms with van der Waals surface area (Å²) in [6.07, 6.45) is 3.21. The molecule has 118 valence electrons. The third kappa shape index (κ3) is 2.70. The Morgan fingerprint density at radius 2 is 2.17 bits per heavy atom. The fourth-order valence-corrected chi connectivity index (χ4v) is 2.59. The second kappa shape index (κ2) is 5.84. The summed E-state index contributed by atoms with van der Waals surface area (Å²) in [6.45, 7) is 0. The lowest BCUT2D eigenvalue weighted by atomic mass is 10.1. The average molecular weight is 335 g/mol. The largest absolute Gasteiger partial charge is 0.396 e. The zero-order chi connectivity index (χ0) is 16.6. The highest BCUT2D eigenvalue weighted by Crippen LogP contribution is 2.25. The number of benzene rings is 1. The lowest BCUT2D eigenvalue weighted by Gasteiger charge is -2.08. The highest BCUT2D eigenvalue weighted by atomic mass is 32.2. The van der Waals surface area contributed by atoms with Gasteiger partial charge in [-0.05, 0) is 24.5 Å². The van der Waals surface area contributed by atoms with E-state index in [1.54, 1.807) is 6.07 Å². The van der Waals surface area contributed by atoms with Gasteiger partial charge in [-0.1, -0.05) is 0 Å². The Morgan fingerprint density at radius 3 is 2.91 bits per heavy atom. The van der Waals surface area contributed by atoms with Crippen LogP contribution in [0.25, 0.3) is 11.0 Å². The van der Waals surface area contributed by atoms with Crippen molar-refractivity contribution < 1.29 is 13.6 Å². The summed E-state index contributed by atoms with van der Waals surface area (Å²) < 4.78 is 27.6. The Kier molecular flexibility index (Phi) is 3.87. The van der Waals surface area contributed by atoms with E-state index in [-0.39, 0.29) is 5.69 Å². The lowest BCUT2D eigenvalue weighted by Crippen LogP contribution is -2.17. The minimum Gasteiger partial charge on any atom is -0.396 e. The minimum atomic E-state index is -1.09. The van der Waals surface area contributed by atoms with Crippen molar-refractivity contribution in [2.24, 2.45) is 0 Å². The van der Waals surface area contributed by atoms with E-state index in [4.69, 9.17) is 5.73 Å². The number of nitrogens with zero attached hydrogens (tertiary/aromatic N) is 2. The monoisotopic (exact) mass is 335 g/mol. The zero-order valence-electron chi connectivity index (χ0n) is 11.9. The van der Waals surface area contributed by atoms with Crippen molar-refractivity contribution in [3.05, 3.63) is 41.6 Å². The number of anilines is 2. The number of hydrogen-bond donors (Lipinski definition) is 3. The van der Waals surface area contributed by atoms with Gasteiger partial charge in [0.2, 0.25) is 0 Å². The number of carbonyl (C=O) groups excluding carboxylic acids is 1. The summed E-state index contributed by atoms with van der Waals surface area (Å²) in [5, 5.41) is 10.6. The summed E-state index contributed by atoms with van der Waals surface area (Å²) in [5.41, 5.74) is 5.18. The summed E-state index contributed by atoms with van der Waals surface area (Å²) in [4.78, 5) is 16.2. The average Bonchev–Trinajstić information content (AvgIpc) is 2.93. The van der Waals surface area contributed by atoms with E-state index in [2.05, 4.69) is 20.5 Å². The highest BCUT2D eigenvalue weighted by molar-refractivity contribution is 7.98. The van der Waals surface area contributed by atoms with E-state index in [0.29, 0.717) is 21.7 Å². The van der Waals surface area contributed by atoms with Gasteiger partial charge >= 0.3 is 0 Å². The van der Waals surface area contributed by atoms with Crippen LogP contribution in [0, 0.1) is 11.6 Å². The van der Waals surface area contributed by atoms with Crippen molar-refractivity contribution in [2.75, 3.05) is 17.3 Å². The number of halogens is 2. The van der Waals surface area contributed by atoms with Crippen LogP contribution in [0.1, 0.15) is 10.4 Å². The molecule has 0 spiro atoms. The summed E-state index contributed by atoms with van der Waals surface area (Å²) in [5.74, 6) is -3.02. The van der Waals surface area contributed by atoms with Gasteiger partial charge < -0.3 is 11.1 Å². The molecule has 0 fully saturated rings. The molecule has 9 heteroatoms. The fourth-order valence-electron chi connectivity index (χ4n) is 2.08. The number of aromatic nitrogens is 3. The lowest BCUT2D eigenvalue weighted by molar-refractivity contribution is 0.101. The number of nitrogens with one attached hydrogen (secondary N) is 2. The van der Waals surface area contributed by atoms with E-state index >= 15 is 0 Å². The first-order valence-corrected chi connectivity index (χ1v) is 7.66. The molecular weight excluding hydrogens is 324 g/mol. The molecule has 0 bridgehead atoms. The number of rotatable bonds is 3. The topological polar surface area (TPSA) is 96.7 Å². The molecule has 6 nitrogen and oxygen atoms in total. The SMILES string of the molecule is CSc1n[nH]c2ncc(NC(=O)c3c(F)ccc(N)c3F)cc12. The summed E-state index contributed by atoms with van der Waals surface area (Å²) in [7, 11) is 0. The molecule has 0 saturated heterocycles. The van der Waals surface area contributed by atoms with Crippen molar-refractivity contribution in [2.45, 2.75) is 5.03 Å². The number of hydrogen-bond acceptors (Lipinski definition) is 5. The zero-order valence-corrected chi connectivity index (χ0v) is 12.7. The van der Waals surface area contributed by atoms with Crippen molar-refractivity contribution in [1.82, 2.24) is 15.2 Å². The van der Waals surface area contributed by atoms with E-state index in [1.807, 2.05) is 6.26 Å². The van der Waals surface area contributed by atoms with Gasteiger partial charge in [-0.2, -0.15) is 5.10 Å². The van der Waals surface area contributed by atoms with Crippen LogP contribution in [0.5, 0.6) is 0 Å². The first kappa shape index (κ1) is 15.2. The maximum absolute atomic E-state index is 13.9. The third-order valence-electron chi connectivity index (χ3n) is 3.18. The van der Waals surface area contributed by atoms with Crippen LogP contribution in [0.4, 0.5) is 20.2 Å². The molecule has 3 rings (SSSR count). The fraction of sp³-hybridized carbons (Fsp3) is 0.0714. The van der Waals surface area contributed by atoms with E-state index < -0.39 is 23.1 Å². The molecule has 0 aliphatic heterocycles. The Bertz CT molecular complexity index is 912. The highest BCUT2D eigenvalue weighted by Gasteiger charge is 2.20. The van der Waals surface area contributed by atoms with Gasteiger partial charge in [-0.15, -0.1) is 11.8 Å². The molecule has 4 N–H and O–H groups in total. The van der Waals surface area contributed by atoms with Crippen LogP contribution in [0.15, 0.2) is 29.4 Å².